The Morgan fingerprint density at radius 3 is 1.89 bits per heavy atom. The van der Waals surface area contributed by atoms with Crippen LogP contribution >= 0.6 is 0 Å². The van der Waals surface area contributed by atoms with Gasteiger partial charge in [0.1, 0.15) is 12.1 Å². The molecule has 6 nitrogen and oxygen atoms in total. The van der Waals surface area contributed by atoms with Gasteiger partial charge in [-0.05, 0) is 11.8 Å². The molecular formula is C13H25N3O3. The summed E-state index contributed by atoms with van der Waals surface area (Å²) in [6.07, 6.45) is 0.737. The van der Waals surface area contributed by atoms with Gasteiger partial charge in [-0.25, -0.2) is 0 Å². The molecule has 4 N–H and O–H groups in total. The molecule has 6 heteroatoms. The molecule has 19 heavy (non-hydrogen) atoms. The van der Waals surface area contributed by atoms with Crippen molar-refractivity contribution in [3.8, 4) is 0 Å². The highest BCUT2D eigenvalue weighted by atomic mass is 16.2. The summed E-state index contributed by atoms with van der Waals surface area (Å²) in [7, 11) is 0. The fourth-order valence-electron chi connectivity index (χ4n) is 1.73. The van der Waals surface area contributed by atoms with E-state index in [4.69, 9.17) is 5.73 Å². The number of carbonyl (C=O) groups is 3. The third-order valence-corrected chi connectivity index (χ3v) is 3.13. The summed E-state index contributed by atoms with van der Waals surface area (Å²) in [6, 6.07) is -1.38. The molecule has 0 radical (unpaired) electrons. The number of nitrogens with one attached hydrogen (secondary N) is 2. The van der Waals surface area contributed by atoms with Gasteiger partial charge in [-0.1, -0.05) is 34.1 Å². The lowest BCUT2D eigenvalue weighted by Gasteiger charge is -2.26. The van der Waals surface area contributed by atoms with Gasteiger partial charge in [-0.15, -0.1) is 0 Å². The number of nitrogens with two attached hydrogens (primary N) is 1. The Kier molecular flexibility index (Phi) is 7.11. The van der Waals surface area contributed by atoms with Gasteiger partial charge in [0.2, 0.25) is 17.7 Å². The van der Waals surface area contributed by atoms with Gasteiger partial charge in [-0.3, -0.25) is 14.4 Å². The number of carbonyl (C=O) groups excluding carboxylic acids is 3. The van der Waals surface area contributed by atoms with E-state index in [2.05, 4.69) is 10.6 Å². The molecule has 0 saturated carbocycles. The molecule has 0 aromatic heterocycles. The maximum Gasteiger partial charge on any atom is 0.243 e. The largest absolute Gasteiger partial charge is 0.368 e. The minimum atomic E-state index is -0.729. The molecule has 0 aliphatic rings. The number of amides is 3. The molecule has 0 aromatic rings. The fourth-order valence-corrected chi connectivity index (χ4v) is 1.73. The lowest BCUT2D eigenvalue weighted by molar-refractivity contribution is -0.132. The van der Waals surface area contributed by atoms with E-state index in [-0.39, 0.29) is 23.7 Å². The molecule has 3 atom stereocenters. The first-order valence-corrected chi connectivity index (χ1v) is 6.57. The molecule has 0 aromatic carbocycles. The van der Waals surface area contributed by atoms with Crippen LogP contribution in [0.3, 0.4) is 0 Å². The average molecular weight is 271 g/mol. The first-order valence-electron chi connectivity index (χ1n) is 6.57. The maximum atomic E-state index is 12.2. The van der Waals surface area contributed by atoms with E-state index < -0.39 is 18.0 Å². The third-order valence-electron chi connectivity index (χ3n) is 3.13. The van der Waals surface area contributed by atoms with Crippen LogP contribution in [0.4, 0.5) is 0 Å². The summed E-state index contributed by atoms with van der Waals surface area (Å²) in [5.74, 6) is -1.35. The molecule has 3 amide bonds. The third kappa shape index (κ3) is 5.72. The highest BCUT2D eigenvalue weighted by Gasteiger charge is 2.29. The second-order valence-corrected chi connectivity index (χ2v) is 5.20. The van der Waals surface area contributed by atoms with E-state index in [0.29, 0.717) is 0 Å². The molecule has 110 valence electrons. The monoisotopic (exact) mass is 271 g/mol. The van der Waals surface area contributed by atoms with Crippen molar-refractivity contribution in [1.82, 2.24) is 10.6 Å². The highest BCUT2D eigenvalue weighted by molar-refractivity contribution is 5.91. The van der Waals surface area contributed by atoms with E-state index in [1.165, 1.54) is 6.92 Å². The molecule has 0 fully saturated rings. The molecule has 3 unspecified atom stereocenters. The second-order valence-electron chi connectivity index (χ2n) is 5.20. The smallest absolute Gasteiger partial charge is 0.243 e. The van der Waals surface area contributed by atoms with Gasteiger partial charge < -0.3 is 16.4 Å². The fraction of sp³-hybridized carbons (Fsp3) is 0.769. The Labute approximate surface area is 114 Å². The quantitative estimate of drug-likeness (QED) is 0.615. The molecule has 0 saturated heterocycles. The number of primary amides is 1. The Morgan fingerprint density at radius 1 is 1.05 bits per heavy atom. The maximum absolute atomic E-state index is 12.2. The Balaban J connectivity index is 4.89. The van der Waals surface area contributed by atoms with Crippen LogP contribution in [-0.4, -0.2) is 29.8 Å². The van der Waals surface area contributed by atoms with Gasteiger partial charge in [0.15, 0.2) is 0 Å². The molecule has 0 bridgehead atoms. The zero-order chi connectivity index (χ0) is 15.2. The molecule has 0 aliphatic heterocycles. The van der Waals surface area contributed by atoms with Gasteiger partial charge in [0.05, 0.1) is 0 Å². The second kappa shape index (κ2) is 7.76. The molecule has 0 aliphatic carbocycles. The van der Waals surface area contributed by atoms with E-state index in [9.17, 15) is 14.4 Å². The lowest BCUT2D eigenvalue weighted by Crippen LogP contribution is -2.56. The summed E-state index contributed by atoms with van der Waals surface area (Å²) in [6.45, 7) is 8.75. The van der Waals surface area contributed by atoms with E-state index in [1.807, 2.05) is 13.8 Å². The van der Waals surface area contributed by atoms with Crippen molar-refractivity contribution < 1.29 is 14.4 Å². The Hall–Kier alpha value is -1.59. The number of rotatable bonds is 7. The van der Waals surface area contributed by atoms with Crippen molar-refractivity contribution >= 4 is 17.7 Å². The van der Waals surface area contributed by atoms with Crippen LogP contribution in [0.1, 0.15) is 41.0 Å². The standard InChI is InChI=1S/C13H25N3O3/c1-6-8(4)11(15-9(5)17)13(19)16-10(7(2)3)12(14)18/h7-8,10-11H,6H2,1-5H3,(H2,14,18)(H,15,17)(H,16,19). The summed E-state index contributed by atoms with van der Waals surface area (Å²) in [5, 5.41) is 5.22. The minimum Gasteiger partial charge on any atom is -0.368 e. The molecule has 0 heterocycles. The summed E-state index contributed by atoms with van der Waals surface area (Å²) >= 11 is 0. The minimum absolute atomic E-state index is 0.0235. The predicted molar refractivity (Wildman–Crippen MR) is 73.0 cm³/mol. The van der Waals surface area contributed by atoms with Crippen LogP contribution in [-0.2, 0) is 14.4 Å². The van der Waals surface area contributed by atoms with Crippen molar-refractivity contribution in [3.05, 3.63) is 0 Å². The van der Waals surface area contributed by atoms with Gasteiger partial charge >= 0.3 is 0 Å². The first-order chi connectivity index (χ1) is 8.70. The summed E-state index contributed by atoms with van der Waals surface area (Å²) in [4.78, 5) is 34.6. The molecule has 0 spiro atoms. The van der Waals surface area contributed by atoms with Gasteiger partial charge in [0.25, 0.3) is 0 Å². The van der Waals surface area contributed by atoms with Crippen LogP contribution in [0.5, 0.6) is 0 Å². The first kappa shape index (κ1) is 17.4. The van der Waals surface area contributed by atoms with E-state index >= 15 is 0 Å². The lowest BCUT2D eigenvalue weighted by atomic mass is 9.96. The number of hydrogen-bond donors (Lipinski definition) is 3. The van der Waals surface area contributed by atoms with Crippen LogP contribution in [0, 0.1) is 11.8 Å². The summed E-state index contributed by atoms with van der Waals surface area (Å²) in [5.41, 5.74) is 5.25. The molecular weight excluding hydrogens is 246 g/mol. The van der Waals surface area contributed by atoms with E-state index in [1.54, 1.807) is 13.8 Å². The van der Waals surface area contributed by atoms with Crippen LogP contribution in [0.2, 0.25) is 0 Å². The Bertz CT molecular complexity index is 342. The Morgan fingerprint density at radius 2 is 1.58 bits per heavy atom. The van der Waals surface area contributed by atoms with Gasteiger partial charge in [-0.2, -0.15) is 0 Å². The number of hydrogen-bond acceptors (Lipinski definition) is 3. The van der Waals surface area contributed by atoms with Crippen molar-refractivity contribution in [2.45, 2.75) is 53.1 Å². The van der Waals surface area contributed by atoms with Crippen molar-refractivity contribution in [3.63, 3.8) is 0 Å². The van der Waals surface area contributed by atoms with E-state index in [0.717, 1.165) is 6.42 Å². The SMILES string of the molecule is CCC(C)C(NC(C)=O)C(=O)NC(C(N)=O)C(C)C. The van der Waals surface area contributed by atoms with Crippen molar-refractivity contribution in [2.24, 2.45) is 17.6 Å². The van der Waals surface area contributed by atoms with Crippen molar-refractivity contribution in [2.75, 3.05) is 0 Å². The van der Waals surface area contributed by atoms with Crippen molar-refractivity contribution in [1.29, 1.82) is 0 Å². The topological polar surface area (TPSA) is 101 Å². The van der Waals surface area contributed by atoms with Crippen LogP contribution < -0.4 is 16.4 Å². The van der Waals surface area contributed by atoms with Crippen LogP contribution in [0.15, 0.2) is 0 Å². The normalized spacial score (nSPS) is 15.5. The zero-order valence-corrected chi connectivity index (χ0v) is 12.3. The zero-order valence-electron chi connectivity index (χ0n) is 12.3. The molecule has 0 rings (SSSR count). The predicted octanol–water partition coefficient (Wildman–Crippen LogP) is 0.163. The average Bonchev–Trinajstić information content (AvgIpc) is 2.30. The summed E-state index contributed by atoms with van der Waals surface area (Å²) < 4.78 is 0. The van der Waals surface area contributed by atoms with Crippen LogP contribution in [0.25, 0.3) is 0 Å². The highest BCUT2D eigenvalue weighted by Crippen LogP contribution is 2.09. The van der Waals surface area contributed by atoms with Gasteiger partial charge in [0, 0.05) is 6.92 Å².